The molecule has 0 aliphatic heterocycles. The van der Waals surface area contributed by atoms with E-state index >= 15 is 0 Å². The van der Waals surface area contributed by atoms with Crippen LogP contribution in [-0.4, -0.2) is 121 Å². The summed E-state index contributed by atoms with van der Waals surface area (Å²) in [4.78, 5) is 67.6. The number of ketones is 1. The number of nitrogens with zero attached hydrogens (tertiary/aromatic N) is 5. The van der Waals surface area contributed by atoms with Gasteiger partial charge < -0.3 is 84.7 Å². The van der Waals surface area contributed by atoms with Gasteiger partial charge in [-0.3, -0.25) is 28.9 Å². The number of phenols is 4. The van der Waals surface area contributed by atoms with Crippen LogP contribution in [0.1, 0.15) is 122 Å². The van der Waals surface area contributed by atoms with Gasteiger partial charge in [0, 0.05) is 125 Å². The first-order valence-corrected chi connectivity index (χ1v) is 43.1. The maximum atomic E-state index is 13.0. The third-order valence-corrected chi connectivity index (χ3v) is 19.8. The van der Waals surface area contributed by atoms with Crippen LogP contribution < -0.4 is 61.0 Å². The SMILES string of the molecule is CC(C)CN(CC(C)C)c1cc(O)c(C2C(O)C(N(c3ccccc3)c3ccccc3)C2O)c(O)c1.CC(C)CN(CC(C)C)c1cc(O)cc(O)c1.CC(C)OC1=C(OC(C)C)C(O)(N(c2ccccc2)c2ccccc2)C1=O.CC(C)Oc1c(OC(C)C)c(=O)c1=O.O=c1c(O)c(N(c2ccccc2)c2ccccc2)c1=O.c1ccc(Nc2ccccc2)cc1. The summed E-state index contributed by atoms with van der Waals surface area (Å²) in [6.07, 6.45) is -2.71. The Kier molecular flexibility index (Phi) is 34.9. The smallest absolute Gasteiger partial charge is 0.275 e. The number of Topliss-reactive ketones (excluding diaryl/α,β-unsaturated/α-hetero) is 1. The number of ether oxygens (including phenoxy) is 4. The summed E-state index contributed by atoms with van der Waals surface area (Å²) in [5.74, 6) is 0.428. The quantitative estimate of drug-likeness (QED) is 0.0149. The summed E-state index contributed by atoms with van der Waals surface area (Å²) >= 11 is 0. The van der Waals surface area contributed by atoms with Crippen molar-refractivity contribution in [3.63, 3.8) is 0 Å². The zero-order chi connectivity index (χ0) is 92.5. The fraction of sp³-hybridized carbons (Fsp3) is 0.317. The molecule has 0 spiro atoms. The molecule has 0 heterocycles. The molecule has 12 aromatic carbocycles. The molecule has 23 heteroatoms. The van der Waals surface area contributed by atoms with Crippen molar-refractivity contribution in [1.82, 2.24) is 0 Å². The van der Waals surface area contributed by atoms with Crippen LogP contribution in [0.15, 0.2) is 304 Å². The van der Waals surface area contributed by atoms with E-state index < -0.39 is 63.1 Å². The molecule has 1 saturated carbocycles. The lowest BCUT2D eigenvalue weighted by atomic mass is 9.68. The molecule has 12 aromatic rings. The predicted octanol–water partition coefficient (Wildman–Crippen LogP) is 19.4. The fourth-order valence-corrected chi connectivity index (χ4v) is 14.7. The lowest BCUT2D eigenvalue weighted by molar-refractivity contribution is -0.149. The number of aliphatic hydroxyl groups excluding tert-OH is 2. The lowest BCUT2D eigenvalue weighted by Gasteiger charge is -2.52. The van der Waals surface area contributed by atoms with Gasteiger partial charge in [-0.1, -0.05) is 201 Å². The molecule has 3 unspecified atom stereocenters. The standard InChI is InChI=1S/C30H38N2O4.C22H25NO4.C16H11NO3.C14H23NO2.C12H11N.C10H14O4/c1-19(2)17-31(18-20(3)4)23-15-24(33)26(25(34)16-23)27-29(35)28(30(27)36)32(21-11-7-5-8-12-21)22-13-9-6-10-14-22;1-15(2)26-19-20(24)22(25,21(19)27-16(3)4)23(17-11-7-5-8-12-17)18-13-9-6-10-14-18;18-14-13(15(19)16(14)20)17(11-7-3-1-4-8-11)12-9-5-2-6-10-12;1-10(2)8-15(9-11(3)4)12-5-13(16)7-14(17)6-12;1-3-7-11(8-4-1)13-12-9-5-2-6-10-12;1-5(2)13-9-7(11)8(12)10(9)14-6(3)4/h5-16,19-20,27-30,33-36H,17-18H2,1-4H3;5-16,25H,1-4H3;1-10,18H;5-7,10-11,16-17H,8-9H2,1-4H3;1-10,13H;5-6H,1-4H3. The number of para-hydroxylation sites is 8. The minimum Gasteiger partial charge on any atom is -0.508 e. The van der Waals surface area contributed by atoms with E-state index in [0.29, 0.717) is 46.4 Å². The largest absolute Gasteiger partial charge is 0.508 e. The Bertz CT molecular complexity index is 5330. The van der Waals surface area contributed by atoms with E-state index in [-0.39, 0.29) is 81.7 Å². The van der Waals surface area contributed by atoms with E-state index in [9.17, 15) is 64.8 Å². The zero-order valence-electron chi connectivity index (χ0n) is 75.2. The van der Waals surface area contributed by atoms with E-state index in [4.69, 9.17) is 18.9 Å². The van der Waals surface area contributed by atoms with Gasteiger partial charge in [-0.25, -0.2) is 0 Å². The highest BCUT2D eigenvalue weighted by Gasteiger charge is 2.62. The summed E-state index contributed by atoms with van der Waals surface area (Å²) in [5.41, 5.74) is 3.85. The van der Waals surface area contributed by atoms with E-state index in [1.54, 1.807) is 61.8 Å². The van der Waals surface area contributed by atoms with E-state index in [1.807, 2.05) is 275 Å². The van der Waals surface area contributed by atoms with Crippen molar-refractivity contribution < 1.29 is 64.6 Å². The van der Waals surface area contributed by atoms with Crippen LogP contribution in [0.5, 0.6) is 40.2 Å². The normalized spacial score (nSPS) is 15.6. The number of hydrogen-bond donors (Lipinski definition) is 9. The minimum atomic E-state index is -1.96. The van der Waals surface area contributed by atoms with Crippen LogP contribution in [0, 0.1) is 23.7 Å². The maximum absolute atomic E-state index is 13.0. The highest BCUT2D eigenvalue weighted by molar-refractivity contribution is 6.13. The van der Waals surface area contributed by atoms with Crippen LogP contribution in [0.25, 0.3) is 0 Å². The summed E-state index contributed by atoms with van der Waals surface area (Å²) in [6, 6.07) is 83.7. The number of carbonyl (C=O) groups is 1. The molecular weight excluding hydrogens is 1610 g/mol. The molecule has 670 valence electrons. The number of aliphatic hydroxyl groups is 3. The molecule has 0 bridgehead atoms. The third-order valence-electron chi connectivity index (χ3n) is 19.8. The first-order chi connectivity index (χ1) is 60.5. The number of nitrogens with one attached hydrogen (secondary N) is 1. The second kappa shape index (κ2) is 45.5. The van der Waals surface area contributed by atoms with Gasteiger partial charge in [0.15, 0.2) is 5.75 Å². The molecule has 2 aliphatic carbocycles. The summed E-state index contributed by atoms with van der Waals surface area (Å²) < 4.78 is 21.8. The predicted molar refractivity (Wildman–Crippen MR) is 508 cm³/mol. The van der Waals surface area contributed by atoms with Crippen LogP contribution in [-0.2, 0) is 14.3 Å². The van der Waals surface area contributed by atoms with Crippen molar-refractivity contribution in [3.8, 4) is 40.2 Å². The van der Waals surface area contributed by atoms with Gasteiger partial charge in [-0.15, -0.1) is 0 Å². The van der Waals surface area contributed by atoms with Gasteiger partial charge in [-0.2, -0.15) is 0 Å². The average Bonchev–Trinajstić information content (AvgIpc) is 0.705. The van der Waals surface area contributed by atoms with Crippen LogP contribution in [0.4, 0.5) is 62.6 Å². The van der Waals surface area contributed by atoms with Gasteiger partial charge in [0.1, 0.15) is 28.7 Å². The molecule has 3 atom stereocenters. The molecule has 1 fully saturated rings. The van der Waals surface area contributed by atoms with Crippen molar-refractivity contribution in [2.75, 3.05) is 56.0 Å². The minimum absolute atomic E-state index is 0.0207. The van der Waals surface area contributed by atoms with Gasteiger partial charge in [0.2, 0.25) is 23.0 Å². The van der Waals surface area contributed by atoms with Crippen molar-refractivity contribution in [2.24, 2.45) is 23.7 Å². The number of hydrogen-bond acceptors (Lipinski definition) is 23. The van der Waals surface area contributed by atoms with Crippen molar-refractivity contribution in [2.45, 2.75) is 165 Å². The van der Waals surface area contributed by atoms with Crippen LogP contribution in [0.3, 0.4) is 0 Å². The van der Waals surface area contributed by atoms with Gasteiger partial charge in [0.05, 0.1) is 42.7 Å². The molecule has 0 radical (unpaired) electrons. The Hall–Kier alpha value is -13.4. The topological polar surface area (TPSA) is 312 Å². The monoisotopic (exact) mass is 1730 g/mol. The number of phenolic OH excluding ortho intramolecular Hbond substituents is 4. The Morgan fingerprint density at radius 2 is 0.661 bits per heavy atom. The molecule has 2 aliphatic rings. The molecule has 0 amide bonds. The second-order valence-electron chi connectivity index (χ2n) is 33.9. The lowest BCUT2D eigenvalue weighted by Crippen LogP contribution is -2.64. The van der Waals surface area contributed by atoms with E-state index in [1.165, 1.54) is 6.07 Å². The van der Waals surface area contributed by atoms with Gasteiger partial charge in [-0.05, 0) is 176 Å². The Balaban J connectivity index is 0.000000179. The van der Waals surface area contributed by atoms with E-state index in [2.05, 4.69) is 70.5 Å². The molecule has 127 heavy (non-hydrogen) atoms. The first-order valence-electron chi connectivity index (χ1n) is 43.1. The first kappa shape index (κ1) is 97.5. The molecule has 9 N–H and O–H groups in total. The Morgan fingerprint density at radius 1 is 0.354 bits per heavy atom. The van der Waals surface area contributed by atoms with Crippen molar-refractivity contribution in [1.29, 1.82) is 0 Å². The summed E-state index contributed by atoms with van der Waals surface area (Å²) in [6.45, 7) is 35.1. The fourth-order valence-electron chi connectivity index (χ4n) is 14.7. The number of benzene rings is 10. The second-order valence-corrected chi connectivity index (χ2v) is 33.9. The number of rotatable bonds is 30. The summed E-state index contributed by atoms with van der Waals surface area (Å²) in [5, 5.41) is 88.2. The molecule has 14 rings (SSSR count). The van der Waals surface area contributed by atoms with Crippen LogP contribution in [0.2, 0.25) is 0 Å². The van der Waals surface area contributed by atoms with Crippen molar-refractivity contribution >= 4 is 68.3 Å². The van der Waals surface area contributed by atoms with Gasteiger partial charge >= 0.3 is 0 Å². The van der Waals surface area contributed by atoms with Crippen LogP contribution >= 0.6 is 0 Å². The summed E-state index contributed by atoms with van der Waals surface area (Å²) in [7, 11) is 0. The van der Waals surface area contributed by atoms with E-state index in [0.717, 1.165) is 60.3 Å². The molecule has 0 aromatic heterocycles. The molecule has 0 saturated heterocycles. The average molecular weight is 1730 g/mol. The highest BCUT2D eigenvalue weighted by Crippen LogP contribution is 2.52. The zero-order valence-corrected chi connectivity index (χ0v) is 75.2. The molecule has 23 nitrogen and oxygen atoms in total. The number of carbonyl (C=O) groups excluding carboxylic acids is 1. The number of aromatic hydroxyl groups is 5. The Labute approximate surface area is 744 Å². The highest BCUT2D eigenvalue weighted by atomic mass is 16.6. The number of anilines is 11. The third kappa shape index (κ3) is 25.5. The Morgan fingerprint density at radius 3 is 0.976 bits per heavy atom. The van der Waals surface area contributed by atoms with Gasteiger partial charge in [0.25, 0.3) is 33.2 Å². The van der Waals surface area contributed by atoms with Crippen molar-refractivity contribution in [3.05, 3.63) is 331 Å². The maximum Gasteiger partial charge on any atom is 0.275 e. The molecular formula is C104H122N6O17.